The van der Waals surface area contributed by atoms with Gasteiger partial charge in [0.2, 0.25) is 0 Å². The molecular formula is C19H39P. The fourth-order valence-electron chi connectivity index (χ4n) is 2.66. The average Bonchev–Trinajstić information content (AvgIpc) is 2.43. The first kappa shape index (κ1) is 20.2. The molecule has 0 amide bonds. The fraction of sp³-hybridized carbons (Fsp3) is 0.895. The van der Waals surface area contributed by atoms with E-state index in [4.69, 9.17) is 0 Å². The third-order valence-electron chi connectivity index (χ3n) is 4.10. The van der Waals surface area contributed by atoms with Gasteiger partial charge in [0.05, 0.1) is 0 Å². The summed E-state index contributed by atoms with van der Waals surface area (Å²) < 4.78 is 0. The zero-order valence-corrected chi connectivity index (χ0v) is 15.4. The van der Waals surface area contributed by atoms with Crippen LogP contribution in [0.4, 0.5) is 0 Å². The smallest absolute Gasteiger partial charge is 0.0289 e. The Kier molecular flexibility index (Phi) is 15.7. The standard InChI is InChI=1S/C19H39P/c1-5-7-9-11-13-15-17-20(19(3)4)18-16-14-12-10-8-6-2/h3,5-18H2,1-2,4H3. The van der Waals surface area contributed by atoms with E-state index in [1.54, 1.807) is 0 Å². The molecule has 0 nitrogen and oxygen atoms in total. The van der Waals surface area contributed by atoms with Gasteiger partial charge in [0.25, 0.3) is 0 Å². The second kappa shape index (κ2) is 15.6. The molecular weight excluding hydrogens is 259 g/mol. The maximum Gasteiger partial charge on any atom is -0.0289 e. The summed E-state index contributed by atoms with van der Waals surface area (Å²) in [7, 11) is 0.137. The molecule has 0 unspecified atom stereocenters. The molecule has 0 fully saturated rings. The van der Waals surface area contributed by atoms with Crippen molar-refractivity contribution in [3.63, 3.8) is 0 Å². The Bertz CT molecular complexity index is 194. The lowest BCUT2D eigenvalue weighted by Gasteiger charge is -2.17. The Morgan fingerprint density at radius 3 is 1.35 bits per heavy atom. The van der Waals surface area contributed by atoms with Crippen LogP contribution in [0.2, 0.25) is 0 Å². The summed E-state index contributed by atoms with van der Waals surface area (Å²) in [5, 5.41) is 1.49. The van der Waals surface area contributed by atoms with E-state index in [0.29, 0.717) is 0 Å². The molecule has 20 heavy (non-hydrogen) atoms. The normalized spacial score (nSPS) is 11.2. The molecule has 0 atom stereocenters. The molecule has 0 spiro atoms. The van der Waals surface area contributed by atoms with Crippen molar-refractivity contribution in [3.05, 3.63) is 11.9 Å². The van der Waals surface area contributed by atoms with Crippen molar-refractivity contribution >= 4 is 7.92 Å². The summed E-state index contributed by atoms with van der Waals surface area (Å²) in [6, 6.07) is 0. The number of allylic oxidation sites excluding steroid dienone is 1. The lowest BCUT2D eigenvalue weighted by molar-refractivity contribution is 0.622. The van der Waals surface area contributed by atoms with Gasteiger partial charge < -0.3 is 0 Å². The van der Waals surface area contributed by atoms with Crippen LogP contribution in [0.15, 0.2) is 11.9 Å². The largest absolute Gasteiger partial charge is 0.0956 e. The lowest BCUT2D eigenvalue weighted by Crippen LogP contribution is -1.93. The Hall–Kier alpha value is 0.170. The highest BCUT2D eigenvalue weighted by molar-refractivity contribution is 7.61. The second-order valence-corrected chi connectivity index (χ2v) is 9.00. The predicted molar refractivity (Wildman–Crippen MR) is 98.2 cm³/mol. The first-order chi connectivity index (χ1) is 9.72. The van der Waals surface area contributed by atoms with E-state index < -0.39 is 0 Å². The zero-order chi connectivity index (χ0) is 15.1. The van der Waals surface area contributed by atoms with E-state index in [0.717, 1.165) is 0 Å². The Balaban J connectivity index is 3.53. The molecule has 0 rings (SSSR count). The van der Waals surface area contributed by atoms with E-state index in [1.807, 2.05) is 0 Å². The van der Waals surface area contributed by atoms with E-state index >= 15 is 0 Å². The molecule has 0 saturated carbocycles. The molecule has 1 heteroatoms. The van der Waals surface area contributed by atoms with Gasteiger partial charge in [-0.05, 0) is 32.1 Å². The van der Waals surface area contributed by atoms with Gasteiger partial charge in [-0.25, -0.2) is 0 Å². The van der Waals surface area contributed by atoms with Gasteiger partial charge >= 0.3 is 0 Å². The van der Waals surface area contributed by atoms with E-state index in [2.05, 4.69) is 27.4 Å². The lowest BCUT2D eigenvalue weighted by atomic mass is 10.1. The van der Waals surface area contributed by atoms with E-state index in [9.17, 15) is 0 Å². The third-order valence-corrected chi connectivity index (χ3v) is 6.89. The van der Waals surface area contributed by atoms with Crippen LogP contribution in [0.3, 0.4) is 0 Å². The molecule has 120 valence electrons. The minimum Gasteiger partial charge on any atom is -0.0956 e. The van der Waals surface area contributed by atoms with Gasteiger partial charge in [-0.15, -0.1) is 0 Å². The summed E-state index contributed by atoms with van der Waals surface area (Å²) in [6.07, 6.45) is 20.0. The van der Waals surface area contributed by atoms with Crippen LogP contribution in [-0.4, -0.2) is 12.3 Å². The van der Waals surface area contributed by atoms with Crippen molar-refractivity contribution in [2.24, 2.45) is 0 Å². The first-order valence-corrected chi connectivity index (χ1v) is 10.8. The van der Waals surface area contributed by atoms with Crippen molar-refractivity contribution in [3.8, 4) is 0 Å². The first-order valence-electron chi connectivity index (χ1n) is 9.12. The zero-order valence-electron chi connectivity index (χ0n) is 14.6. The molecule has 0 aromatic carbocycles. The number of hydrogen-bond acceptors (Lipinski definition) is 0. The second-order valence-electron chi connectivity index (χ2n) is 6.26. The predicted octanol–water partition coefficient (Wildman–Crippen LogP) is 7.72. The van der Waals surface area contributed by atoms with Gasteiger partial charge in [-0.1, -0.05) is 97.9 Å². The Labute approximate surface area is 130 Å². The van der Waals surface area contributed by atoms with Gasteiger partial charge in [0, 0.05) is 0 Å². The molecule has 0 heterocycles. The van der Waals surface area contributed by atoms with Gasteiger partial charge in [0.1, 0.15) is 0 Å². The maximum absolute atomic E-state index is 4.24. The third kappa shape index (κ3) is 13.2. The summed E-state index contributed by atoms with van der Waals surface area (Å²) in [4.78, 5) is 0. The molecule has 0 saturated heterocycles. The Morgan fingerprint density at radius 2 is 1.00 bits per heavy atom. The SMILES string of the molecule is C=C(C)P(CCCCCCCC)CCCCCCCC. The molecule has 0 aliphatic heterocycles. The molecule has 0 bridgehead atoms. The average molecular weight is 298 g/mol. The van der Waals surface area contributed by atoms with E-state index in [1.165, 1.54) is 94.7 Å². The van der Waals surface area contributed by atoms with Crippen LogP contribution in [0, 0.1) is 0 Å². The van der Waals surface area contributed by atoms with Crippen LogP contribution in [0.1, 0.15) is 97.8 Å². The van der Waals surface area contributed by atoms with Crippen LogP contribution < -0.4 is 0 Å². The number of hydrogen-bond donors (Lipinski definition) is 0. The van der Waals surface area contributed by atoms with Crippen molar-refractivity contribution in [2.45, 2.75) is 97.8 Å². The molecule has 0 radical (unpaired) electrons. The highest BCUT2D eigenvalue weighted by atomic mass is 31.1. The summed E-state index contributed by atoms with van der Waals surface area (Å²) in [5.41, 5.74) is 0. The minimum atomic E-state index is 0.137. The number of unbranched alkanes of at least 4 members (excludes halogenated alkanes) is 10. The Morgan fingerprint density at radius 1 is 0.650 bits per heavy atom. The summed E-state index contributed by atoms with van der Waals surface area (Å²) >= 11 is 0. The van der Waals surface area contributed by atoms with Crippen molar-refractivity contribution in [1.82, 2.24) is 0 Å². The molecule has 0 aromatic heterocycles. The molecule has 0 N–H and O–H groups in total. The summed E-state index contributed by atoms with van der Waals surface area (Å²) in [6.45, 7) is 11.1. The van der Waals surface area contributed by atoms with E-state index in [-0.39, 0.29) is 7.92 Å². The van der Waals surface area contributed by atoms with Crippen molar-refractivity contribution in [1.29, 1.82) is 0 Å². The maximum atomic E-state index is 4.24. The van der Waals surface area contributed by atoms with Gasteiger partial charge in [-0.3, -0.25) is 0 Å². The molecule has 0 aliphatic carbocycles. The van der Waals surface area contributed by atoms with Crippen LogP contribution in [0.5, 0.6) is 0 Å². The van der Waals surface area contributed by atoms with Crippen molar-refractivity contribution < 1.29 is 0 Å². The number of rotatable bonds is 15. The fourth-order valence-corrected chi connectivity index (χ4v) is 4.86. The highest BCUT2D eigenvalue weighted by Gasteiger charge is 2.08. The quantitative estimate of drug-likeness (QED) is 0.214. The topological polar surface area (TPSA) is 0 Å². The van der Waals surface area contributed by atoms with Crippen molar-refractivity contribution in [2.75, 3.05) is 12.3 Å². The molecule has 0 aliphatic rings. The monoisotopic (exact) mass is 298 g/mol. The van der Waals surface area contributed by atoms with Gasteiger partial charge in [-0.2, -0.15) is 0 Å². The summed E-state index contributed by atoms with van der Waals surface area (Å²) in [5.74, 6) is 0. The van der Waals surface area contributed by atoms with Gasteiger partial charge in [0.15, 0.2) is 0 Å². The highest BCUT2D eigenvalue weighted by Crippen LogP contribution is 2.45. The molecule has 0 aromatic rings. The van der Waals surface area contributed by atoms with Crippen LogP contribution in [0.25, 0.3) is 0 Å². The van der Waals surface area contributed by atoms with Crippen LogP contribution in [-0.2, 0) is 0 Å². The van der Waals surface area contributed by atoms with Crippen LogP contribution >= 0.6 is 7.92 Å². The minimum absolute atomic E-state index is 0.137.